The number of rotatable bonds is 1. The normalized spacial score (nSPS) is 19.4. The molecule has 0 amide bonds. The first kappa shape index (κ1) is 9.54. The van der Waals surface area contributed by atoms with Crippen molar-refractivity contribution in [2.75, 3.05) is 0 Å². The Morgan fingerprint density at radius 3 is 3.12 bits per heavy atom. The number of pyridine rings is 1. The summed E-state index contributed by atoms with van der Waals surface area (Å²) in [4.78, 5) is 8.55. The number of nitrogens with zero attached hydrogens (tertiary/aromatic N) is 3. The average molecular weight is 215 g/mol. The lowest BCUT2D eigenvalue weighted by Gasteiger charge is -2.18. The summed E-state index contributed by atoms with van der Waals surface area (Å²) in [5, 5.41) is 9.82. The molecule has 0 bridgehead atoms. The number of imidazole rings is 1. The molecule has 0 fully saturated rings. The van der Waals surface area contributed by atoms with Crippen molar-refractivity contribution in [3.05, 3.63) is 36.5 Å². The van der Waals surface area contributed by atoms with Crippen molar-refractivity contribution in [3.63, 3.8) is 0 Å². The van der Waals surface area contributed by atoms with Gasteiger partial charge in [-0.1, -0.05) is 0 Å². The van der Waals surface area contributed by atoms with E-state index in [2.05, 4.69) is 9.97 Å². The summed E-state index contributed by atoms with van der Waals surface area (Å²) < 4.78 is 2.04. The van der Waals surface area contributed by atoms with Crippen LogP contribution >= 0.6 is 0 Å². The summed E-state index contributed by atoms with van der Waals surface area (Å²) >= 11 is 0. The van der Waals surface area contributed by atoms with Gasteiger partial charge in [0.2, 0.25) is 0 Å². The molecule has 1 atom stereocenters. The van der Waals surface area contributed by atoms with Crippen LogP contribution in [0.25, 0.3) is 11.3 Å². The second kappa shape index (κ2) is 3.72. The SMILES string of the molecule is OC1CCCn2cc(-c3cccnc3)nc21. The fraction of sp³-hybridized carbons (Fsp3) is 0.333. The molecule has 4 heteroatoms. The van der Waals surface area contributed by atoms with Crippen molar-refractivity contribution in [2.24, 2.45) is 0 Å². The second-order valence-corrected chi connectivity index (χ2v) is 4.08. The van der Waals surface area contributed by atoms with Gasteiger partial charge in [0, 0.05) is 30.7 Å². The molecule has 0 spiro atoms. The monoisotopic (exact) mass is 215 g/mol. The minimum atomic E-state index is -0.417. The molecule has 16 heavy (non-hydrogen) atoms. The Morgan fingerprint density at radius 2 is 2.38 bits per heavy atom. The predicted octanol–water partition coefficient (Wildman–Crippen LogP) is 1.77. The highest BCUT2D eigenvalue weighted by Gasteiger charge is 2.20. The topological polar surface area (TPSA) is 50.9 Å². The maximum atomic E-state index is 9.82. The predicted molar refractivity (Wildman–Crippen MR) is 59.7 cm³/mol. The van der Waals surface area contributed by atoms with Crippen LogP contribution in [0.3, 0.4) is 0 Å². The van der Waals surface area contributed by atoms with E-state index in [1.54, 1.807) is 12.4 Å². The molecule has 1 aliphatic heterocycles. The van der Waals surface area contributed by atoms with E-state index < -0.39 is 6.10 Å². The van der Waals surface area contributed by atoms with Crippen LogP contribution in [0.2, 0.25) is 0 Å². The third-order valence-corrected chi connectivity index (χ3v) is 2.94. The van der Waals surface area contributed by atoms with Crippen molar-refractivity contribution < 1.29 is 5.11 Å². The Hall–Kier alpha value is -1.68. The van der Waals surface area contributed by atoms with Crippen molar-refractivity contribution in [1.82, 2.24) is 14.5 Å². The number of aryl methyl sites for hydroxylation is 1. The van der Waals surface area contributed by atoms with Crippen LogP contribution < -0.4 is 0 Å². The van der Waals surface area contributed by atoms with Gasteiger partial charge >= 0.3 is 0 Å². The first-order valence-electron chi connectivity index (χ1n) is 5.50. The zero-order chi connectivity index (χ0) is 11.0. The van der Waals surface area contributed by atoms with E-state index in [0.717, 1.165) is 36.5 Å². The van der Waals surface area contributed by atoms with E-state index in [4.69, 9.17) is 0 Å². The second-order valence-electron chi connectivity index (χ2n) is 4.08. The zero-order valence-electron chi connectivity index (χ0n) is 8.87. The summed E-state index contributed by atoms with van der Waals surface area (Å²) in [7, 11) is 0. The summed E-state index contributed by atoms with van der Waals surface area (Å²) in [5.41, 5.74) is 1.89. The fourth-order valence-corrected chi connectivity index (χ4v) is 2.11. The Morgan fingerprint density at radius 1 is 1.44 bits per heavy atom. The molecule has 3 rings (SSSR count). The van der Waals surface area contributed by atoms with Gasteiger partial charge in [0.1, 0.15) is 11.9 Å². The van der Waals surface area contributed by atoms with E-state index in [0.29, 0.717) is 0 Å². The number of aliphatic hydroxyl groups is 1. The lowest BCUT2D eigenvalue weighted by atomic mass is 10.1. The van der Waals surface area contributed by atoms with Crippen molar-refractivity contribution in [1.29, 1.82) is 0 Å². The Labute approximate surface area is 93.6 Å². The van der Waals surface area contributed by atoms with E-state index in [1.165, 1.54) is 0 Å². The molecule has 1 aliphatic rings. The molecular weight excluding hydrogens is 202 g/mol. The van der Waals surface area contributed by atoms with Crippen LogP contribution in [0.5, 0.6) is 0 Å². The highest BCUT2D eigenvalue weighted by atomic mass is 16.3. The van der Waals surface area contributed by atoms with Crippen molar-refractivity contribution in [3.8, 4) is 11.3 Å². The Balaban J connectivity index is 2.05. The first-order chi connectivity index (χ1) is 7.84. The number of hydrogen-bond acceptors (Lipinski definition) is 3. The van der Waals surface area contributed by atoms with Crippen LogP contribution in [0, 0.1) is 0 Å². The number of hydrogen-bond donors (Lipinski definition) is 1. The minimum Gasteiger partial charge on any atom is -0.385 e. The number of aromatic nitrogens is 3. The molecule has 0 aromatic carbocycles. The van der Waals surface area contributed by atoms with Gasteiger partial charge in [0.05, 0.1) is 5.69 Å². The molecule has 2 aromatic heterocycles. The quantitative estimate of drug-likeness (QED) is 0.788. The molecule has 3 heterocycles. The Bertz CT molecular complexity index is 492. The smallest absolute Gasteiger partial charge is 0.138 e. The molecule has 1 N–H and O–H groups in total. The minimum absolute atomic E-state index is 0.417. The summed E-state index contributed by atoms with van der Waals surface area (Å²) in [6, 6.07) is 3.87. The van der Waals surface area contributed by atoms with E-state index in [1.807, 2.05) is 22.9 Å². The molecule has 0 aliphatic carbocycles. The molecule has 82 valence electrons. The number of aliphatic hydroxyl groups excluding tert-OH is 1. The fourth-order valence-electron chi connectivity index (χ4n) is 2.11. The maximum absolute atomic E-state index is 9.82. The van der Waals surface area contributed by atoms with Crippen LogP contribution in [0.4, 0.5) is 0 Å². The lowest BCUT2D eigenvalue weighted by molar-refractivity contribution is 0.134. The van der Waals surface area contributed by atoms with Crippen LogP contribution in [-0.2, 0) is 6.54 Å². The molecule has 4 nitrogen and oxygen atoms in total. The van der Waals surface area contributed by atoms with Gasteiger partial charge in [-0.3, -0.25) is 4.98 Å². The average Bonchev–Trinajstić information content (AvgIpc) is 2.76. The third kappa shape index (κ3) is 1.51. The van der Waals surface area contributed by atoms with E-state index in [9.17, 15) is 5.11 Å². The van der Waals surface area contributed by atoms with E-state index in [-0.39, 0.29) is 0 Å². The van der Waals surface area contributed by atoms with Gasteiger partial charge in [-0.25, -0.2) is 4.98 Å². The first-order valence-corrected chi connectivity index (χ1v) is 5.50. The van der Waals surface area contributed by atoms with Gasteiger partial charge in [0.15, 0.2) is 0 Å². The van der Waals surface area contributed by atoms with Gasteiger partial charge in [-0.15, -0.1) is 0 Å². The Kier molecular flexibility index (Phi) is 2.22. The lowest BCUT2D eigenvalue weighted by Crippen LogP contribution is -2.14. The molecule has 0 radical (unpaired) electrons. The summed E-state index contributed by atoms with van der Waals surface area (Å²) in [5.74, 6) is 0.783. The standard InChI is InChI=1S/C12H13N3O/c16-11-4-2-6-15-8-10(14-12(11)15)9-3-1-5-13-7-9/h1,3,5,7-8,11,16H,2,4,6H2. The van der Waals surface area contributed by atoms with E-state index >= 15 is 0 Å². The van der Waals surface area contributed by atoms with Gasteiger partial charge in [0.25, 0.3) is 0 Å². The summed E-state index contributed by atoms with van der Waals surface area (Å²) in [6.45, 7) is 0.944. The van der Waals surface area contributed by atoms with Crippen molar-refractivity contribution in [2.45, 2.75) is 25.5 Å². The zero-order valence-corrected chi connectivity index (χ0v) is 8.87. The molecule has 2 aromatic rings. The van der Waals surface area contributed by atoms with Crippen LogP contribution in [-0.4, -0.2) is 19.6 Å². The van der Waals surface area contributed by atoms with Gasteiger partial charge < -0.3 is 9.67 Å². The summed E-state index contributed by atoms with van der Waals surface area (Å²) in [6.07, 6.45) is 6.93. The highest BCUT2D eigenvalue weighted by Crippen LogP contribution is 2.27. The maximum Gasteiger partial charge on any atom is 0.138 e. The molecule has 0 saturated carbocycles. The van der Waals surface area contributed by atoms with Gasteiger partial charge in [-0.05, 0) is 25.0 Å². The third-order valence-electron chi connectivity index (χ3n) is 2.94. The molecule has 1 unspecified atom stereocenters. The largest absolute Gasteiger partial charge is 0.385 e. The molecular formula is C12H13N3O. The van der Waals surface area contributed by atoms with Gasteiger partial charge in [-0.2, -0.15) is 0 Å². The molecule has 0 saturated heterocycles. The number of fused-ring (bicyclic) bond motifs is 1. The van der Waals surface area contributed by atoms with Crippen LogP contribution in [0.15, 0.2) is 30.7 Å². The van der Waals surface area contributed by atoms with Crippen LogP contribution in [0.1, 0.15) is 24.8 Å². The van der Waals surface area contributed by atoms with Crippen molar-refractivity contribution >= 4 is 0 Å². The highest BCUT2D eigenvalue weighted by molar-refractivity contribution is 5.57.